The molecule has 98 valence electrons. The van der Waals surface area contributed by atoms with E-state index in [0.717, 1.165) is 5.56 Å². The van der Waals surface area contributed by atoms with Crippen LogP contribution in [0.15, 0.2) is 48.8 Å². The van der Waals surface area contributed by atoms with E-state index >= 15 is 0 Å². The number of carbonyl (C=O) groups is 1. The lowest BCUT2D eigenvalue weighted by molar-refractivity contribution is 0.0699. The summed E-state index contributed by atoms with van der Waals surface area (Å²) in [5, 5.41) is 10.4. The van der Waals surface area contributed by atoms with Crippen LogP contribution in [-0.4, -0.2) is 21.0 Å². The van der Waals surface area contributed by atoms with Gasteiger partial charge in [0.25, 0.3) is 0 Å². The van der Waals surface area contributed by atoms with E-state index in [4.69, 9.17) is 11.6 Å². The number of nitrogens with zero attached hydrogens (tertiary/aromatic N) is 2. The fourth-order valence-corrected chi connectivity index (χ4v) is 2.22. The van der Waals surface area contributed by atoms with Crippen LogP contribution >= 0.6 is 11.6 Å². The van der Waals surface area contributed by atoms with Crippen LogP contribution in [0.3, 0.4) is 0 Å². The summed E-state index contributed by atoms with van der Waals surface area (Å²) in [7, 11) is 0. The zero-order valence-electron chi connectivity index (χ0n) is 10.2. The second-order valence-corrected chi connectivity index (χ2v) is 4.69. The van der Waals surface area contributed by atoms with Gasteiger partial charge in [-0.2, -0.15) is 0 Å². The van der Waals surface area contributed by atoms with Crippen molar-refractivity contribution in [2.75, 3.05) is 0 Å². The van der Waals surface area contributed by atoms with E-state index in [0.29, 0.717) is 21.6 Å². The standard InChI is InChI=1S/C15H9ClN2O2/c16-10-1-2-13-11(7-10)12(15(19)20)8-14(18-13)9-3-5-17-6-4-9/h1-8H,(H,19,20). The molecule has 1 N–H and O–H groups in total. The fraction of sp³-hybridized carbons (Fsp3) is 0. The fourth-order valence-electron chi connectivity index (χ4n) is 2.05. The maximum absolute atomic E-state index is 11.4. The highest BCUT2D eigenvalue weighted by atomic mass is 35.5. The summed E-state index contributed by atoms with van der Waals surface area (Å²) in [4.78, 5) is 19.8. The van der Waals surface area contributed by atoms with Gasteiger partial charge in [0.05, 0.1) is 16.8 Å². The van der Waals surface area contributed by atoms with E-state index in [2.05, 4.69) is 9.97 Å². The molecule has 0 aliphatic heterocycles. The van der Waals surface area contributed by atoms with Crippen molar-refractivity contribution < 1.29 is 9.90 Å². The number of benzene rings is 1. The van der Waals surface area contributed by atoms with Crippen molar-refractivity contribution in [2.45, 2.75) is 0 Å². The van der Waals surface area contributed by atoms with Crippen molar-refractivity contribution in [2.24, 2.45) is 0 Å². The highest BCUT2D eigenvalue weighted by Crippen LogP contribution is 2.26. The normalized spacial score (nSPS) is 10.7. The molecule has 0 bridgehead atoms. The molecule has 1 aromatic carbocycles. The Bertz CT molecular complexity index is 804. The quantitative estimate of drug-likeness (QED) is 0.780. The van der Waals surface area contributed by atoms with E-state index in [1.165, 1.54) is 0 Å². The molecule has 0 radical (unpaired) electrons. The molecule has 3 aromatic rings. The molecule has 0 saturated carbocycles. The topological polar surface area (TPSA) is 63.1 Å². The zero-order valence-corrected chi connectivity index (χ0v) is 11.0. The average molecular weight is 285 g/mol. The molecule has 2 aromatic heterocycles. The first-order valence-electron chi connectivity index (χ1n) is 5.89. The first kappa shape index (κ1) is 12.6. The average Bonchev–Trinajstić information content (AvgIpc) is 2.47. The highest BCUT2D eigenvalue weighted by molar-refractivity contribution is 6.31. The SMILES string of the molecule is O=C(O)c1cc(-c2ccncc2)nc2ccc(Cl)cc12. The number of hydrogen-bond acceptors (Lipinski definition) is 3. The van der Waals surface area contributed by atoms with Gasteiger partial charge >= 0.3 is 5.97 Å². The number of aromatic carboxylic acids is 1. The predicted molar refractivity (Wildman–Crippen MR) is 76.9 cm³/mol. The van der Waals surface area contributed by atoms with Crippen molar-refractivity contribution in [1.82, 2.24) is 9.97 Å². The Morgan fingerprint density at radius 1 is 1.10 bits per heavy atom. The number of carboxylic acids is 1. The Morgan fingerprint density at radius 3 is 2.55 bits per heavy atom. The van der Waals surface area contributed by atoms with Crippen LogP contribution in [0.4, 0.5) is 0 Å². The van der Waals surface area contributed by atoms with Crippen LogP contribution in [0.5, 0.6) is 0 Å². The maximum atomic E-state index is 11.4. The number of hydrogen-bond donors (Lipinski definition) is 1. The van der Waals surface area contributed by atoms with Crippen molar-refractivity contribution in [3.05, 3.63) is 59.4 Å². The Kier molecular flexibility index (Phi) is 3.08. The lowest BCUT2D eigenvalue weighted by Crippen LogP contribution is -2.00. The van der Waals surface area contributed by atoms with Gasteiger partial charge in [0.1, 0.15) is 0 Å². The van der Waals surface area contributed by atoms with E-state index < -0.39 is 5.97 Å². The summed E-state index contributed by atoms with van der Waals surface area (Å²) in [6.45, 7) is 0. The molecule has 0 fully saturated rings. The minimum absolute atomic E-state index is 0.185. The van der Waals surface area contributed by atoms with E-state index in [1.807, 2.05) is 0 Å². The van der Waals surface area contributed by atoms with E-state index in [-0.39, 0.29) is 5.56 Å². The van der Waals surface area contributed by atoms with Crippen molar-refractivity contribution in [3.63, 3.8) is 0 Å². The van der Waals surface area contributed by atoms with Crippen molar-refractivity contribution >= 4 is 28.5 Å². The number of carboxylic acid groups (broad SMARTS) is 1. The number of halogens is 1. The lowest BCUT2D eigenvalue weighted by atomic mass is 10.0. The van der Waals surface area contributed by atoms with Crippen LogP contribution in [0.2, 0.25) is 5.02 Å². The lowest BCUT2D eigenvalue weighted by Gasteiger charge is -2.07. The second kappa shape index (κ2) is 4.90. The van der Waals surface area contributed by atoms with Crippen LogP contribution in [0.1, 0.15) is 10.4 Å². The molecule has 0 atom stereocenters. The number of aromatic nitrogens is 2. The second-order valence-electron chi connectivity index (χ2n) is 4.26. The molecule has 4 nitrogen and oxygen atoms in total. The Morgan fingerprint density at radius 2 is 1.85 bits per heavy atom. The van der Waals surface area contributed by atoms with Crippen molar-refractivity contribution in [1.29, 1.82) is 0 Å². The molecule has 20 heavy (non-hydrogen) atoms. The van der Waals surface area contributed by atoms with Crippen LogP contribution in [0, 0.1) is 0 Å². The largest absolute Gasteiger partial charge is 0.478 e. The summed E-state index contributed by atoms with van der Waals surface area (Å²) < 4.78 is 0. The smallest absolute Gasteiger partial charge is 0.336 e. The highest BCUT2D eigenvalue weighted by Gasteiger charge is 2.13. The van der Waals surface area contributed by atoms with Gasteiger partial charge in [0, 0.05) is 28.4 Å². The van der Waals surface area contributed by atoms with E-state index in [1.54, 1.807) is 48.8 Å². The molecular formula is C15H9ClN2O2. The molecule has 5 heteroatoms. The molecule has 2 heterocycles. The van der Waals surface area contributed by atoms with Gasteiger partial charge in [-0.1, -0.05) is 11.6 Å². The predicted octanol–water partition coefficient (Wildman–Crippen LogP) is 3.65. The number of pyridine rings is 2. The molecule has 0 saturated heterocycles. The first-order valence-corrected chi connectivity index (χ1v) is 6.27. The van der Waals surface area contributed by atoms with Gasteiger partial charge in [-0.15, -0.1) is 0 Å². The van der Waals surface area contributed by atoms with Crippen molar-refractivity contribution in [3.8, 4) is 11.3 Å². The summed E-state index contributed by atoms with van der Waals surface area (Å²) in [5.41, 5.74) is 2.20. The molecule has 0 amide bonds. The minimum Gasteiger partial charge on any atom is -0.478 e. The molecule has 3 rings (SSSR count). The van der Waals surface area contributed by atoms with Gasteiger partial charge in [-0.3, -0.25) is 4.98 Å². The zero-order chi connectivity index (χ0) is 14.1. The van der Waals surface area contributed by atoms with Crippen LogP contribution in [0.25, 0.3) is 22.2 Å². The number of fused-ring (bicyclic) bond motifs is 1. The molecular weight excluding hydrogens is 276 g/mol. The third kappa shape index (κ3) is 2.21. The van der Waals surface area contributed by atoms with Gasteiger partial charge in [0.15, 0.2) is 0 Å². The Hall–Kier alpha value is -2.46. The summed E-state index contributed by atoms with van der Waals surface area (Å²) in [6.07, 6.45) is 3.28. The summed E-state index contributed by atoms with van der Waals surface area (Å²) in [5.74, 6) is -1.00. The first-order chi connectivity index (χ1) is 9.65. The molecule has 0 aliphatic carbocycles. The maximum Gasteiger partial charge on any atom is 0.336 e. The van der Waals surface area contributed by atoms with Gasteiger partial charge in [-0.05, 0) is 36.4 Å². The molecule has 0 spiro atoms. The molecule has 0 unspecified atom stereocenters. The number of rotatable bonds is 2. The Balaban J connectivity index is 2.32. The molecule has 0 aliphatic rings. The summed E-state index contributed by atoms with van der Waals surface area (Å²) >= 11 is 5.92. The summed E-state index contributed by atoms with van der Waals surface area (Å²) in [6, 6.07) is 10.2. The minimum atomic E-state index is -1.00. The van der Waals surface area contributed by atoms with E-state index in [9.17, 15) is 9.90 Å². The Labute approximate surface area is 119 Å². The third-order valence-electron chi connectivity index (χ3n) is 2.98. The van der Waals surface area contributed by atoms with Crippen LogP contribution < -0.4 is 0 Å². The van der Waals surface area contributed by atoms with Gasteiger partial charge < -0.3 is 5.11 Å². The van der Waals surface area contributed by atoms with Gasteiger partial charge in [-0.25, -0.2) is 9.78 Å². The van der Waals surface area contributed by atoms with Crippen LogP contribution in [-0.2, 0) is 0 Å². The third-order valence-corrected chi connectivity index (χ3v) is 3.21. The monoisotopic (exact) mass is 284 g/mol. The van der Waals surface area contributed by atoms with Gasteiger partial charge in [0.2, 0.25) is 0 Å².